The van der Waals surface area contributed by atoms with Crippen LogP contribution in [0.5, 0.6) is 0 Å². The lowest BCUT2D eigenvalue weighted by molar-refractivity contribution is -0.141. The third-order valence-electron chi connectivity index (χ3n) is 5.69. The number of β-lactam (4-membered cyclic amide) rings is 1. The summed E-state index contributed by atoms with van der Waals surface area (Å²) < 4.78 is 0. The standard InChI is InChI=1S/C23H21Cl2N5O6S4/c24-11-2-1-9(5-12(11)25)39-18-20(34)30-19(28-15(31)6-17(32)33)10(8-38-21(18)30)14-7-27-23(40-14)29-16(37)4-3-13(26)22(35)36/h1-2,5,7,13,18,21H,3-4,6,8,26H2,(H,28,31)(H,32,33)(H,35,36)(H,27,29,37)/t13-,18?,21?/m0/s1. The first-order valence-electron chi connectivity index (χ1n) is 11.5. The van der Waals surface area contributed by atoms with Crippen LogP contribution in [0.3, 0.4) is 0 Å². The van der Waals surface area contributed by atoms with E-state index in [-0.39, 0.29) is 29.9 Å². The van der Waals surface area contributed by atoms with Crippen molar-refractivity contribution in [1.82, 2.24) is 15.2 Å². The lowest BCUT2D eigenvalue weighted by Crippen LogP contribution is -2.64. The van der Waals surface area contributed by atoms with E-state index in [2.05, 4.69) is 15.6 Å². The van der Waals surface area contributed by atoms with Crippen molar-refractivity contribution in [3.8, 4) is 0 Å². The Morgan fingerprint density at radius 1 is 1.25 bits per heavy atom. The topological polar surface area (TPSA) is 175 Å². The average molecular weight is 663 g/mol. The van der Waals surface area contributed by atoms with Gasteiger partial charge in [0.15, 0.2) is 5.13 Å². The van der Waals surface area contributed by atoms with E-state index in [1.807, 2.05) is 0 Å². The van der Waals surface area contributed by atoms with Crippen molar-refractivity contribution in [3.05, 3.63) is 45.1 Å². The van der Waals surface area contributed by atoms with Gasteiger partial charge in [0.1, 0.15) is 28.9 Å². The predicted molar refractivity (Wildman–Crippen MR) is 160 cm³/mol. The smallest absolute Gasteiger partial charge is 0.320 e. The van der Waals surface area contributed by atoms with Gasteiger partial charge in [-0.3, -0.25) is 24.1 Å². The summed E-state index contributed by atoms with van der Waals surface area (Å²) in [6.07, 6.45) is 1.19. The van der Waals surface area contributed by atoms with E-state index in [1.165, 1.54) is 39.8 Å². The molecule has 2 aliphatic heterocycles. The number of carbonyl (C=O) groups is 4. The van der Waals surface area contributed by atoms with Crippen molar-refractivity contribution < 1.29 is 29.4 Å². The Labute approximate surface area is 255 Å². The van der Waals surface area contributed by atoms with Crippen LogP contribution in [0, 0.1) is 0 Å². The lowest BCUT2D eigenvalue weighted by atomic mass is 10.1. The number of carbonyl (C=O) groups excluding carboxylic acids is 2. The molecule has 0 radical (unpaired) electrons. The summed E-state index contributed by atoms with van der Waals surface area (Å²) in [5.74, 6) is -2.81. The number of carboxylic acid groups (broad SMARTS) is 2. The number of benzene rings is 1. The van der Waals surface area contributed by atoms with Crippen LogP contribution in [0.2, 0.25) is 10.0 Å². The highest BCUT2D eigenvalue weighted by Gasteiger charge is 2.53. The van der Waals surface area contributed by atoms with Crippen LogP contribution in [-0.4, -0.2) is 71.3 Å². The maximum atomic E-state index is 13.3. The average Bonchev–Trinajstić information content (AvgIpc) is 3.34. The van der Waals surface area contributed by atoms with Crippen LogP contribution in [0.4, 0.5) is 5.13 Å². The number of anilines is 1. The van der Waals surface area contributed by atoms with E-state index in [9.17, 15) is 19.2 Å². The molecule has 0 aliphatic carbocycles. The molecule has 212 valence electrons. The number of fused-ring (bicyclic) bond motifs is 1. The van der Waals surface area contributed by atoms with Crippen molar-refractivity contribution in [2.75, 3.05) is 11.1 Å². The molecule has 0 bridgehead atoms. The summed E-state index contributed by atoms with van der Waals surface area (Å²) in [5, 5.41) is 24.0. The van der Waals surface area contributed by atoms with Gasteiger partial charge in [0.05, 0.1) is 19.9 Å². The van der Waals surface area contributed by atoms with Gasteiger partial charge in [0.25, 0.3) is 0 Å². The molecule has 1 saturated heterocycles. The number of nitrogens with zero attached hydrogens (tertiary/aromatic N) is 2. The zero-order chi connectivity index (χ0) is 29.1. The molecule has 2 aromatic rings. The fraction of sp³-hybridized carbons (Fsp3) is 0.304. The molecule has 1 aromatic heterocycles. The molecule has 3 atom stereocenters. The number of nitrogens with two attached hydrogens (primary N) is 1. The molecule has 0 saturated carbocycles. The number of carboxylic acids is 2. The Balaban J connectivity index is 1.54. The molecule has 0 spiro atoms. The molecule has 17 heteroatoms. The maximum absolute atomic E-state index is 13.3. The summed E-state index contributed by atoms with van der Waals surface area (Å²) in [6.45, 7) is 0. The molecule has 2 unspecified atom stereocenters. The van der Waals surface area contributed by atoms with E-state index in [4.69, 9.17) is 51.4 Å². The first-order chi connectivity index (χ1) is 18.9. The van der Waals surface area contributed by atoms with Crippen molar-refractivity contribution in [1.29, 1.82) is 0 Å². The number of aromatic nitrogens is 1. The maximum Gasteiger partial charge on any atom is 0.320 e. The van der Waals surface area contributed by atoms with Gasteiger partial charge in [0.2, 0.25) is 11.8 Å². The van der Waals surface area contributed by atoms with Gasteiger partial charge in [-0.1, -0.05) is 46.8 Å². The normalized spacial score (nSPS) is 19.0. The number of hydrogen-bond acceptors (Lipinski definition) is 10. The minimum Gasteiger partial charge on any atom is -0.481 e. The molecule has 4 rings (SSSR count). The summed E-state index contributed by atoms with van der Waals surface area (Å²) in [4.78, 5) is 55.3. The van der Waals surface area contributed by atoms with Gasteiger partial charge in [0, 0.05) is 28.8 Å². The van der Waals surface area contributed by atoms with Crippen LogP contribution in [0.15, 0.2) is 35.1 Å². The first-order valence-corrected chi connectivity index (χ1v) is 15.4. The number of thioether (sulfide) groups is 2. The summed E-state index contributed by atoms with van der Waals surface area (Å²) in [7, 11) is 0. The van der Waals surface area contributed by atoms with E-state index >= 15 is 0 Å². The van der Waals surface area contributed by atoms with Gasteiger partial charge >= 0.3 is 11.9 Å². The molecule has 1 aromatic carbocycles. The molecular formula is C23H21Cl2N5O6S4. The first kappa shape index (κ1) is 30.6. The Bertz CT molecular complexity index is 1420. The third-order valence-corrected chi connectivity index (χ3v) is 10.4. The predicted octanol–water partition coefficient (Wildman–Crippen LogP) is 3.72. The number of halogens is 2. The van der Waals surface area contributed by atoms with E-state index in [0.29, 0.717) is 36.4 Å². The quantitative estimate of drug-likeness (QED) is 0.134. The van der Waals surface area contributed by atoms with Gasteiger partial charge in [-0.15, -0.1) is 23.5 Å². The molecule has 11 nitrogen and oxygen atoms in total. The van der Waals surface area contributed by atoms with Crippen molar-refractivity contribution >= 4 is 110 Å². The third kappa shape index (κ3) is 7.08. The monoisotopic (exact) mass is 661 g/mol. The second-order valence-corrected chi connectivity index (χ2v) is 13.2. The molecule has 1 fully saturated rings. The van der Waals surface area contributed by atoms with Crippen molar-refractivity contribution in [2.45, 2.75) is 40.8 Å². The van der Waals surface area contributed by atoms with Crippen LogP contribution in [-0.2, 0) is 19.2 Å². The number of hydrogen-bond donors (Lipinski definition) is 5. The Morgan fingerprint density at radius 3 is 2.67 bits per heavy atom. The number of aliphatic carboxylic acids is 2. The Morgan fingerprint density at radius 2 is 2.00 bits per heavy atom. The van der Waals surface area contributed by atoms with Crippen LogP contribution < -0.4 is 16.4 Å². The number of thiocarbonyl (C=S) groups is 1. The minimum atomic E-state index is -1.30. The fourth-order valence-corrected chi connectivity index (χ4v) is 8.10. The highest BCUT2D eigenvalue weighted by atomic mass is 35.5. The van der Waals surface area contributed by atoms with Crippen molar-refractivity contribution in [3.63, 3.8) is 0 Å². The van der Waals surface area contributed by atoms with Crippen LogP contribution in [0.25, 0.3) is 5.57 Å². The van der Waals surface area contributed by atoms with E-state index in [1.54, 1.807) is 24.4 Å². The van der Waals surface area contributed by atoms with Gasteiger partial charge in [-0.2, -0.15) is 0 Å². The van der Waals surface area contributed by atoms with Gasteiger partial charge in [-0.05, 0) is 24.6 Å². The number of rotatable bonds is 11. The van der Waals surface area contributed by atoms with Gasteiger partial charge < -0.3 is 26.6 Å². The second kappa shape index (κ2) is 13.1. The van der Waals surface area contributed by atoms with E-state index < -0.39 is 35.6 Å². The van der Waals surface area contributed by atoms with Crippen LogP contribution in [0.1, 0.15) is 24.1 Å². The summed E-state index contributed by atoms with van der Waals surface area (Å²) in [6, 6.07) is 4.07. The highest BCUT2D eigenvalue weighted by Crippen LogP contribution is 2.49. The zero-order valence-corrected chi connectivity index (χ0v) is 25.0. The summed E-state index contributed by atoms with van der Waals surface area (Å²) >= 11 is 21.4. The van der Waals surface area contributed by atoms with E-state index in [0.717, 1.165) is 4.90 Å². The highest BCUT2D eigenvalue weighted by molar-refractivity contribution is 8.04. The Hall–Kier alpha value is -2.40. The minimum absolute atomic E-state index is 0.154. The molecular weight excluding hydrogens is 641 g/mol. The molecule has 6 N–H and O–H groups in total. The second-order valence-electron chi connectivity index (χ2n) is 8.53. The zero-order valence-electron chi connectivity index (χ0n) is 20.3. The molecule has 2 aliphatic rings. The van der Waals surface area contributed by atoms with Crippen molar-refractivity contribution in [2.24, 2.45) is 5.73 Å². The summed E-state index contributed by atoms with van der Waals surface area (Å²) in [5.41, 5.74) is 6.13. The number of thiazole rings is 1. The number of nitrogens with one attached hydrogen (secondary N) is 2. The largest absolute Gasteiger partial charge is 0.481 e. The molecule has 3 heterocycles. The fourth-order valence-electron chi connectivity index (χ4n) is 3.73. The number of amides is 2. The lowest BCUT2D eigenvalue weighted by Gasteiger charge is -2.50. The Kier molecular flexibility index (Phi) is 9.98. The molecule has 40 heavy (non-hydrogen) atoms. The molecule has 2 amide bonds. The van der Waals surface area contributed by atoms with Crippen LogP contribution >= 0.6 is 70.3 Å². The SMILES string of the molecule is N[C@@H](CCC(=S)Nc1ncc(C2=C(NC(=O)CC(=O)O)N3C(=O)C(Sc4ccc(Cl)c(Cl)c4)C3SC2)s1)C(=O)O. The van der Waals surface area contributed by atoms with Gasteiger partial charge in [-0.25, -0.2) is 4.98 Å².